The SMILES string of the molecule is COC(=O)N1C(=O)[C@H]2[C@H](CC=C3[C@H]2C[C@@]2(Cl)C(=O)N(C)C(=O)[C@@]2(Cl)[C@H]3c2cccc(OC)c2O)C1=O. The summed E-state index contributed by atoms with van der Waals surface area (Å²) in [6, 6.07) is 4.65. The maximum Gasteiger partial charge on any atom is 0.423 e. The van der Waals surface area contributed by atoms with E-state index in [1.165, 1.54) is 26.3 Å². The molecule has 0 spiro atoms. The number of rotatable bonds is 2. The van der Waals surface area contributed by atoms with E-state index in [2.05, 4.69) is 4.74 Å². The first-order chi connectivity index (χ1) is 16.9. The highest BCUT2D eigenvalue weighted by Gasteiger charge is 2.76. The third kappa shape index (κ3) is 2.77. The highest BCUT2D eigenvalue weighted by Crippen LogP contribution is 2.66. The molecule has 10 nitrogen and oxygen atoms in total. The number of ether oxygens (including phenoxy) is 2. The molecule has 5 amide bonds. The van der Waals surface area contributed by atoms with Gasteiger partial charge >= 0.3 is 6.09 Å². The average Bonchev–Trinajstić information content (AvgIpc) is 3.19. The summed E-state index contributed by atoms with van der Waals surface area (Å²) in [5.41, 5.74) is 0.664. The van der Waals surface area contributed by atoms with Crippen molar-refractivity contribution < 1.29 is 38.6 Å². The second kappa shape index (κ2) is 7.94. The van der Waals surface area contributed by atoms with E-state index in [1.54, 1.807) is 12.1 Å². The number of hydrogen-bond acceptors (Lipinski definition) is 8. The summed E-state index contributed by atoms with van der Waals surface area (Å²) in [4.78, 5) is 62.7. The van der Waals surface area contributed by atoms with E-state index in [9.17, 15) is 29.1 Å². The Bertz CT molecular complexity index is 1280. The molecule has 0 aromatic heterocycles. The number of aromatic hydroxyl groups is 1. The van der Waals surface area contributed by atoms with Crippen LogP contribution in [-0.2, 0) is 23.9 Å². The van der Waals surface area contributed by atoms with Crippen molar-refractivity contribution in [3.8, 4) is 11.5 Å². The largest absolute Gasteiger partial charge is 0.504 e. The van der Waals surface area contributed by atoms with E-state index in [1.807, 2.05) is 0 Å². The van der Waals surface area contributed by atoms with Gasteiger partial charge in [0.2, 0.25) is 11.8 Å². The molecule has 2 saturated heterocycles. The number of phenolic OH excluding ortho intramolecular Hbond substituents is 1. The molecule has 4 aliphatic rings. The van der Waals surface area contributed by atoms with Gasteiger partial charge in [-0.2, -0.15) is 4.90 Å². The van der Waals surface area contributed by atoms with Crippen molar-refractivity contribution in [3.63, 3.8) is 0 Å². The Kier molecular flexibility index (Phi) is 5.42. The summed E-state index contributed by atoms with van der Waals surface area (Å²) >= 11 is 14.0. The monoisotopic (exact) mass is 536 g/mol. The molecule has 6 atom stereocenters. The summed E-state index contributed by atoms with van der Waals surface area (Å²) in [6.07, 6.45) is 0.446. The van der Waals surface area contributed by atoms with Crippen LogP contribution in [0.4, 0.5) is 4.79 Å². The predicted molar refractivity (Wildman–Crippen MR) is 124 cm³/mol. The van der Waals surface area contributed by atoms with E-state index in [4.69, 9.17) is 27.9 Å². The number of halogens is 2. The standard InChI is InChI=1S/C24H22Cl2N2O8/c1-27-20(32)23(25)9-13-10(7-8-11-15(13)19(31)28(18(11)30)22(34)36-3)16(24(23,26)21(27)33)12-5-4-6-14(35-2)17(12)29/h4-7,11,13,15-16,29H,8-9H2,1-3H3/t11-,13+,15-,16+,23+,24-/m0/s1. The number of imide groups is 4. The number of alkyl halides is 2. The smallest absolute Gasteiger partial charge is 0.423 e. The van der Waals surface area contributed by atoms with Gasteiger partial charge in [-0.15, -0.1) is 23.2 Å². The number of para-hydroxylation sites is 1. The molecule has 0 bridgehead atoms. The van der Waals surface area contributed by atoms with Crippen LogP contribution in [0.5, 0.6) is 11.5 Å². The first-order valence-corrected chi connectivity index (χ1v) is 11.9. The third-order valence-corrected chi connectivity index (χ3v) is 9.35. The molecule has 2 heterocycles. The van der Waals surface area contributed by atoms with Crippen molar-refractivity contribution in [2.75, 3.05) is 21.3 Å². The molecule has 1 aromatic rings. The Morgan fingerprint density at radius 3 is 2.42 bits per heavy atom. The minimum atomic E-state index is -2.03. The highest BCUT2D eigenvalue weighted by atomic mass is 35.5. The van der Waals surface area contributed by atoms with Gasteiger partial charge in [0.1, 0.15) is 0 Å². The van der Waals surface area contributed by atoms with Crippen LogP contribution < -0.4 is 4.74 Å². The van der Waals surface area contributed by atoms with Crippen LogP contribution in [-0.4, -0.2) is 75.6 Å². The van der Waals surface area contributed by atoms with Crippen LogP contribution in [0.3, 0.4) is 0 Å². The van der Waals surface area contributed by atoms with E-state index in [-0.39, 0.29) is 29.9 Å². The molecule has 0 radical (unpaired) electrons. The van der Waals surface area contributed by atoms with Gasteiger partial charge in [0.05, 0.1) is 26.1 Å². The maximum atomic E-state index is 13.5. The summed E-state index contributed by atoms with van der Waals surface area (Å²) in [6.45, 7) is 0. The first kappa shape index (κ1) is 24.6. The summed E-state index contributed by atoms with van der Waals surface area (Å²) in [7, 11) is 3.69. The number of fused-ring (bicyclic) bond motifs is 4. The molecule has 1 N–H and O–H groups in total. The molecular weight excluding hydrogens is 515 g/mol. The van der Waals surface area contributed by atoms with Crippen LogP contribution in [0.25, 0.3) is 0 Å². The van der Waals surface area contributed by atoms with E-state index >= 15 is 0 Å². The zero-order chi connectivity index (χ0) is 26.3. The van der Waals surface area contributed by atoms with Crippen molar-refractivity contribution in [1.82, 2.24) is 9.80 Å². The fourth-order valence-electron chi connectivity index (χ4n) is 6.30. The minimum absolute atomic E-state index is 0.0794. The van der Waals surface area contributed by atoms with Gasteiger partial charge < -0.3 is 14.6 Å². The molecule has 1 saturated carbocycles. The zero-order valence-electron chi connectivity index (χ0n) is 19.5. The number of amides is 5. The summed E-state index contributed by atoms with van der Waals surface area (Å²) in [5.74, 6) is -7.02. The number of phenols is 1. The fourth-order valence-corrected chi connectivity index (χ4v) is 7.31. The number of carbonyl (C=O) groups excluding carboxylic acids is 5. The molecular formula is C24H22Cl2N2O8. The van der Waals surface area contributed by atoms with Crippen LogP contribution >= 0.6 is 23.2 Å². The lowest BCUT2D eigenvalue weighted by Crippen LogP contribution is -2.60. The molecule has 0 unspecified atom stereocenters. The molecule has 5 rings (SSSR count). The molecule has 12 heteroatoms. The van der Waals surface area contributed by atoms with Crippen LogP contribution in [0.1, 0.15) is 24.3 Å². The quantitative estimate of drug-likeness (QED) is 0.345. The van der Waals surface area contributed by atoms with Gasteiger partial charge in [-0.25, -0.2) is 4.79 Å². The van der Waals surface area contributed by atoms with Gasteiger partial charge in [-0.3, -0.25) is 24.1 Å². The molecule has 3 fully saturated rings. The van der Waals surface area contributed by atoms with E-state index in [0.717, 1.165) is 12.0 Å². The Morgan fingerprint density at radius 2 is 1.78 bits per heavy atom. The van der Waals surface area contributed by atoms with E-state index in [0.29, 0.717) is 10.5 Å². The average molecular weight is 537 g/mol. The second-order valence-corrected chi connectivity index (χ2v) is 10.6. The molecule has 2 aliphatic carbocycles. The highest BCUT2D eigenvalue weighted by molar-refractivity contribution is 6.53. The molecule has 1 aromatic carbocycles. The number of carbonyl (C=O) groups is 5. The zero-order valence-corrected chi connectivity index (χ0v) is 21.0. The minimum Gasteiger partial charge on any atom is -0.504 e. The molecule has 36 heavy (non-hydrogen) atoms. The molecule has 190 valence electrons. The number of allylic oxidation sites excluding steroid dienone is 2. The lowest BCUT2D eigenvalue weighted by Gasteiger charge is -2.50. The van der Waals surface area contributed by atoms with Crippen molar-refractivity contribution in [1.29, 1.82) is 0 Å². The van der Waals surface area contributed by atoms with Crippen molar-refractivity contribution in [2.45, 2.75) is 28.5 Å². The van der Waals surface area contributed by atoms with Crippen molar-refractivity contribution >= 4 is 52.9 Å². The topological polar surface area (TPSA) is 131 Å². The Hall–Kier alpha value is -3.11. The third-order valence-electron chi connectivity index (χ3n) is 7.93. The Balaban J connectivity index is 1.74. The number of likely N-dealkylation sites (tertiary alicyclic amines) is 2. The van der Waals surface area contributed by atoms with Crippen molar-refractivity contribution in [3.05, 3.63) is 35.4 Å². The lowest BCUT2D eigenvalue weighted by molar-refractivity contribution is -0.139. The number of nitrogens with zero attached hydrogens (tertiary/aromatic N) is 2. The number of methoxy groups -OCH3 is 2. The summed E-state index contributed by atoms with van der Waals surface area (Å²) in [5, 5.41) is 11.0. The Labute approximate surface area is 215 Å². The van der Waals surface area contributed by atoms with E-state index < -0.39 is 63.1 Å². The van der Waals surface area contributed by atoms with Gasteiger partial charge in [-0.1, -0.05) is 23.8 Å². The second-order valence-electron chi connectivity index (χ2n) is 9.38. The van der Waals surface area contributed by atoms with Crippen LogP contribution in [0.2, 0.25) is 0 Å². The van der Waals surface area contributed by atoms with Crippen molar-refractivity contribution in [2.24, 2.45) is 17.8 Å². The van der Waals surface area contributed by atoms with Crippen LogP contribution in [0, 0.1) is 17.8 Å². The lowest BCUT2D eigenvalue weighted by atomic mass is 9.56. The summed E-state index contributed by atoms with van der Waals surface area (Å²) < 4.78 is 9.87. The van der Waals surface area contributed by atoms with Gasteiger partial charge in [0.25, 0.3) is 11.8 Å². The normalized spacial score (nSPS) is 35.3. The Morgan fingerprint density at radius 1 is 1.08 bits per heavy atom. The maximum absolute atomic E-state index is 13.5. The van der Waals surface area contributed by atoms with Gasteiger partial charge in [0.15, 0.2) is 21.2 Å². The fraction of sp³-hybridized carbons (Fsp3) is 0.458. The first-order valence-electron chi connectivity index (χ1n) is 11.2. The predicted octanol–water partition coefficient (Wildman–Crippen LogP) is 2.16. The van der Waals surface area contributed by atoms with Crippen LogP contribution in [0.15, 0.2) is 29.8 Å². The number of benzene rings is 1. The molecule has 2 aliphatic heterocycles. The van der Waals surface area contributed by atoms with Gasteiger partial charge in [0, 0.05) is 18.5 Å². The van der Waals surface area contributed by atoms with Gasteiger partial charge in [-0.05, 0) is 24.8 Å². The number of hydrogen-bond donors (Lipinski definition) is 1.